The summed E-state index contributed by atoms with van der Waals surface area (Å²) in [6, 6.07) is 8.91. The molecular weight excluding hydrogens is 156 g/mol. The second-order valence-corrected chi connectivity index (χ2v) is 4.52. The summed E-state index contributed by atoms with van der Waals surface area (Å²) in [7, 11) is 0. The first-order chi connectivity index (χ1) is 6.27. The fourth-order valence-electron chi connectivity index (χ4n) is 2.29. The van der Waals surface area contributed by atoms with Crippen LogP contribution in [0.2, 0.25) is 0 Å². The molecule has 1 atom stereocenters. The molecule has 1 aromatic carbocycles. The van der Waals surface area contributed by atoms with Crippen LogP contribution in [0.1, 0.15) is 31.4 Å². The average molecular weight is 174 g/mol. The van der Waals surface area contributed by atoms with E-state index in [9.17, 15) is 0 Å². The predicted molar refractivity (Wildman–Crippen MR) is 56.8 cm³/mol. The van der Waals surface area contributed by atoms with Crippen LogP contribution in [-0.4, -0.2) is 0 Å². The van der Waals surface area contributed by atoms with Gasteiger partial charge in [-0.05, 0) is 42.2 Å². The second-order valence-electron chi connectivity index (χ2n) is 4.52. The summed E-state index contributed by atoms with van der Waals surface area (Å²) in [5.41, 5.74) is 3.17. The van der Waals surface area contributed by atoms with E-state index in [2.05, 4.69) is 38.1 Å². The first-order valence-corrected chi connectivity index (χ1v) is 5.34. The lowest BCUT2D eigenvalue weighted by Gasteiger charge is -2.27. The molecule has 0 heterocycles. The van der Waals surface area contributed by atoms with Crippen molar-refractivity contribution < 1.29 is 0 Å². The van der Waals surface area contributed by atoms with Gasteiger partial charge in [0.15, 0.2) is 0 Å². The first kappa shape index (κ1) is 8.80. The van der Waals surface area contributed by atoms with Crippen LogP contribution in [0.25, 0.3) is 0 Å². The Balaban J connectivity index is 2.20. The molecule has 1 aliphatic carbocycles. The van der Waals surface area contributed by atoms with Crippen LogP contribution in [0.4, 0.5) is 0 Å². The Morgan fingerprint density at radius 1 is 1.15 bits per heavy atom. The Labute approximate surface area is 81.0 Å². The molecule has 0 aliphatic heterocycles. The van der Waals surface area contributed by atoms with E-state index in [1.807, 2.05) is 0 Å². The topological polar surface area (TPSA) is 0 Å². The van der Waals surface area contributed by atoms with Crippen LogP contribution >= 0.6 is 0 Å². The molecule has 0 amide bonds. The van der Waals surface area contributed by atoms with E-state index in [1.54, 1.807) is 11.1 Å². The number of hydrogen-bond donors (Lipinski definition) is 0. The van der Waals surface area contributed by atoms with E-state index in [0.29, 0.717) is 0 Å². The van der Waals surface area contributed by atoms with Crippen molar-refractivity contribution in [1.82, 2.24) is 0 Å². The van der Waals surface area contributed by atoms with Crippen molar-refractivity contribution in [3.05, 3.63) is 35.4 Å². The molecule has 0 saturated heterocycles. The van der Waals surface area contributed by atoms with Gasteiger partial charge in [0, 0.05) is 0 Å². The maximum Gasteiger partial charge on any atom is -0.0245 e. The summed E-state index contributed by atoms with van der Waals surface area (Å²) in [5, 5.41) is 0. The maximum absolute atomic E-state index is 2.35. The quantitative estimate of drug-likeness (QED) is 0.611. The van der Waals surface area contributed by atoms with Crippen LogP contribution < -0.4 is 0 Å². The summed E-state index contributed by atoms with van der Waals surface area (Å²) in [6.45, 7) is 4.69. The van der Waals surface area contributed by atoms with Gasteiger partial charge in [0.25, 0.3) is 0 Å². The van der Waals surface area contributed by atoms with E-state index in [-0.39, 0.29) is 0 Å². The van der Waals surface area contributed by atoms with Gasteiger partial charge in [-0.3, -0.25) is 0 Å². The van der Waals surface area contributed by atoms with E-state index >= 15 is 0 Å². The fraction of sp³-hybridized carbons (Fsp3) is 0.538. The van der Waals surface area contributed by atoms with Gasteiger partial charge >= 0.3 is 0 Å². The largest absolute Gasteiger partial charge is 0.0625 e. The average Bonchev–Trinajstić information content (AvgIpc) is 2.17. The molecule has 0 nitrogen and oxygen atoms in total. The van der Waals surface area contributed by atoms with Gasteiger partial charge in [-0.25, -0.2) is 0 Å². The molecule has 0 spiro atoms. The molecule has 1 aromatic rings. The predicted octanol–water partition coefficient (Wildman–Crippen LogP) is 3.45. The molecular formula is C13H18. The summed E-state index contributed by atoms with van der Waals surface area (Å²) in [4.78, 5) is 0. The highest BCUT2D eigenvalue weighted by molar-refractivity contribution is 5.29. The molecule has 0 fully saturated rings. The van der Waals surface area contributed by atoms with Crippen LogP contribution in [-0.2, 0) is 12.8 Å². The lowest BCUT2D eigenvalue weighted by atomic mass is 9.78. The van der Waals surface area contributed by atoms with Crippen molar-refractivity contribution >= 4 is 0 Å². The molecule has 0 N–H and O–H groups in total. The summed E-state index contributed by atoms with van der Waals surface area (Å²) in [5.74, 6) is 1.75. The lowest BCUT2D eigenvalue weighted by molar-refractivity contribution is 0.343. The zero-order valence-electron chi connectivity index (χ0n) is 8.59. The molecule has 13 heavy (non-hydrogen) atoms. The van der Waals surface area contributed by atoms with Crippen molar-refractivity contribution in [2.45, 2.75) is 33.1 Å². The highest BCUT2D eigenvalue weighted by Crippen LogP contribution is 2.29. The first-order valence-electron chi connectivity index (χ1n) is 5.34. The lowest BCUT2D eigenvalue weighted by Crippen LogP contribution is -2.18. The van der Waals surface area contributed by atoms with Gasteiger partial charge in [0.05, 0.1) is 0 Å². The third kappa shape index (κ3) is 1.77. The van der Waals surface area contributed by atoms with E-state index in [1.165, 1.54) is 19.3 Å². The van der Waals surface area contributed by atoms with Gasteiger partial charge in [0.2, 0.25) is 0 Å². The van der Waals surface area contributed by atoms with Crippen LogP contribution in [0, 0.1) is 11.8 Å². The number of aryl methyl sites for hydroxylation is 1. The van der Waals surface area contributed by atoms with Gasteiger partial charge in [-0.1, -0.05) is 38.1 Å². The zero-order valence-corrected chi connectivity index (χ0v) is 8.59. The van der Waals surface area contributed by atoms with Gasteiger partial charge in [-0.15, -0.1) is 0 Å². The molecule has 0 radical (unpaired) electrons. The fourth-order valence-corrected chi connectivity index (χ4v) is 2.29. The van der Waals surface area contributed by atoms with Crippen molar-refractivity contribution in [3.63, 3.8) is 0 Å². The normalized spacial score (nSPS) is 21.6. The molecule has 1 unspecified atom stereocenters. The number of hydrogen-bond acceptors (Lipinski definition) is 0. The smallest absolute Gasteiger partial charge is 0.0245 e. The molecule has 0 aromatic heterocycles. The summed E-state index contributed by atoms with van der Waals surface area (Å²) >= 11 is 0. The summed E-state index contributed by atoms with van der Waals surface area (Å²) < 4.78 is 0. The van der Waals surface area contributed by atoms with Crippen molar-refractivity contribution in [1.29, 1.82) is 0 Å². The monoisotopic (exact) mass is 174 g/mol. The molecule has 1 aliphatic rings. The Kier molecular flexibility index (Phi) is 2.39. The number of benzene rings is 1. The Hall–Kier alpha value is -0.780. The molecule has 70 valence electrons. The summed E-state index contributed by atoms with van der Waals surface area (Å²) in [6.07, 6.45) is 3.97. The SMILES string of the molecule is CC(C)C1CCc2ccccc2C1. The van der Waals surface area contributed by atoms with Gasteiger partial charge in [0.1, 0.15) is 0 Å². The minimum atomic E-state index is 0.841. The molecule has 2 rings (SSSR count). The number of fused-ring (bicyclic) bond motifs is 1. The molecule has 0 heteroatoms. The van der Waals surface area contributed by atoms with E-state index < -0.39 is 0 Å². The van der Waals surface area contributed by atoms with E-state index in [4.69, 9.17) is 0 Å². The van der Waals surface area contributed by atoms with Gasteiger partial charge < -0.3 is 0 Å². The maximum atomic E-state index is 2.35. The highest BCUT2D eigenvalue weighted by Gasteiger charge is 2.20. The van der Waals surface area contributed by atoms with Crippen molar-refractivity contribution in [2.24, 2.45) is 11.8 Å². The Bertz CT molecular complexity index is 286. The van der Waals surface area contributed by atoms with Gasteiger partial charge in [-0.2, -0.15) is 0 Å². The second kappa shape index (κ2) is 3.53. The minimum absolute atomic E-state index is 0.841. The number of rotatable bonds is 1. The molecule has 0 bridgehead atoms. The van der Waals surface area contributed by atoms with E-state index in [0.717, 1.165) is 11.8 Å². The molecule has 0 saturated carbocycles. The minimum Gasteiger partial charge on any atom is -0.0625 e. The van der Waals surface area contributed by atoms with Crippen molar-refractivity contribution in [3.8, 4) is 0 Å². The Morgan fingerprint density at radius 2 is 1.85 bits per heavy atom. The third-order valence-electron chi connectivity index (χ3n) is 3.33. The third-order valence-corrected chi connectivity index (χ3v) is 3.33. The Morgan fingerprint density at radius 3 is 2.54 bits per heavy atom. The zero-order chi connectivity index (χ0) is 9.26. The van der Waals surface area contributed by atoms with Crippen LogP contribution in [0.15, 0.2) is 24.3 Å². The van der Waals surface area contributed by atoms with Crippen molar-refractivity contribution in [2.75, 3.05) is 0 Å². The highest BCUT2D eigenvalue weighted by atomic mass is 14.2. The van der Waals surface area contributed by atoms with Crippen LogP contribution in [0.3, 0.4) is 0 Å². The van der Waals surface area contributed by atoms with Crippen LogP contribution in [0.5, 0.6) is 0 Å². The standard InChI is InChI=1S/C13H18/c1-10(2)12-8-7-11-5-3-4-6-13(11)9-12/h3-6,10,12H,7-9H2,1-2H3.